The molecule has 0 unspecified atom stereocenters. The molecule has 0 aromatic carbocycles. The van der Waals surface area contributed by atoms with Gasteiger partial charge >= 0.3 is 0 Å². The average molecular weight is 181 g/mol. The Balaban J connectivity index is 1.81. The van der Waals surface area contributed by atoms with Crippen LogP contribution in [0.4, 0.5) is 0 Å². The number of rotatable bonds is 6. The molecule has 0 saturated heterocycles. The molecule has 1 fully saturated rings. The van der Waals surface area contributed by atoms with Gasteiger partial charge in [-0.1, -0.05) is 12.8 Å². The minimum atomic E-state index is 0.537. The van der Waals surface area contributed by atoms with Gasteiger partial charge in [-0.15, -0.1) is 12.3 Å². The SMILES string of the molecule is C#CCCNCCOC1CCCC1. The van der Waals surface area contributed by atoms with Gasteiger partial charge in [0, 0.05) is 19.5 Å². The molecular formula is C11H19NO. The van der Waals surface area contributed by atoms with Crippen molar-refractivity contribution in [2.75, 3.05) is 19.7 Å². The third-order valence-electron chi connectivity index (χ3n) is 2.38. The van der Waals surface area contributed by atoms with Gasteiger partial charge in [-0.2, -0.15) is 0 Å². The Morgan fingerprint density at radius 2 is 2.08 bits per heavy atom. The molecule has 2 nitrogen and oxygen atoms in total. The highest BCUT2D eigenvalue weighted by Gasteiger charge is 2.14. The summed E-state index contributed by atoms with van der Waals surface area (Å²) in [5, 5.41) is 3.24. The Labute approximate surface area is 81.0 Å². The molecule has 74 valence electrons. The Morgan fingerprint density at radius 3 is 2.77 bits per heavy atom. The Bertz CT molecular complexity index is 156. The van der Waals surface area contributed by atoms with Crippen LogP contribution in [0.2, 0.25) is 0 Å². The topological polar surface area (TPSA) is 21.3 Å². The zero-order valence-corrected chi connectivity index (χ0v) is 8.22. The van der Waals surface area contributed by atoms with Gasteiger partial charge in [-0.25, -0.2) is 0 Å². The first-order chi connectivity index (χ1) is 6.43. The maximum atomic E-state index is 5.67. The molecule has 2 heteroatoms. The fraction of sp³-hybridized carbons (Fsp3) is 0.818. The molecule has 0 heterocycles. The van der Waals surface area contributed by atoms with Gasteiger partial charge in [0.15, 0.2) is 0 Å². The zero-order valence-electron chi connectivity index (χ0n) is 8.22. The second-order valence-electron chi connectivity index (χ2n) is 3.48. The number of hydrogen-bond donors (Lipinski definition) is 1. The fourth-order valence-electron chi connectivity index (χ4n) is 1.64. The van der Waals surface area contributed by atoms with Gasteiger partial charge < -0.3 is 10.1 Å². The lowest BCUT2D eigenvalue weighted by atomic mass is 10.3. The highest BCUT2D eigenvalue weighted by molar-refractivity contribution is 4.83. The predicted octanol–water partition coefficient (Wildman–Crippen LogP) is 1.56. The smallest absolute Gasteiger partial charge is 0.0594 e. The van der Waals surface area contributed by atoms with E-state index >= 15 is 0 Å². The number of nitrogens with one attached hydrogen (secondary N) is 1. The van der Waals surface area contributed by atoms with Crippen LogP contribution in [0.3, 0.4) is 0 Å². The van der Waals surface area contributed by atoms with E-state index in [4.69, 9.17) is 11.2 Å². The van der Waals surface area contributed by atoms with E-state index in [0.29, 0.717) is 6.10 Å². The Kier molecular flexibility index (Phi) is 5.64. The normalized spacial score (nSPS) is 17.5. The molecule has 1 N–H and O–H groups in total. The van der Waals surface area contributed by atoms with Crippen LogP contribution in [-0.2, 0) is 4.74 Å². The summed E-state index contributed by atoms with van der Waals surface area (Å²) in [6, 6.07) is 0. The van der Waals surface area contributed by atoms with Crippen LogP contribution in [0, 0.1) is 12.3 Å². The molecule has 1 saturated carbocycles. The second kappa shape index (κ2) is 6.94. The van der Waals surface area contributed by atoms with Gasteiger partial charge in [0.2, 0.25) is 0 Å². The first kappa shape index (κ1) is 10.6. The summed E-state index contributed by atoms with van der Waals surface area (Å²) in [6.07, 6.45) is 11.7. The molecule has 0 aromatic heterocycles. The fourth-order valence-corrected chi connectivity index (χ4v) is 1.64. The van der Waals surface area contributed by atoms with Gasteiger partial charge in [-0.05, 0) is 12.8 Å². The predicted molar refractivity (Wildman–Crippen MR) is 54.5 cm³/mol. The van der Waals surface area contributed by atoms with Gasteiger partial charge in [0.1, 0.15) is 0 Å². The summed E-state index contributed by atoms with van der Waals surface area (Å²) in [5.41, 5.74) is 0. The summed E-state index contributed by atoms with van der Waals surface area (Å²) in [7, 11) is 0. The third-order valence-corrected chi connectivity index (χ3v) is 2.38. The summed E-state index contributed by atoms with van der Waals surface area (Å²) >= 11 is 0. The van der Waals surface area contributed by atoms with Crippen molar-refractivity contribution in [1.29, 1.82) is 0 Å². The molecule has 1 aliphatic rings. The van der Waals surface area contributed by atoms with Gasteiger partial charge in [0.25, 0.3) is 0 Å². The minimum Gasteiger partial charge on any atom is -0.377 e. The molecule has 13 heavy (non-hydrogen) atoms. The molecule has 0 bridgehead atoms. The summed E-state index contributed by atoms with van der Waals surface area (Å²) in [6.45, 7) is 2.66. The van der Waals surface area contributed by atoms with Crippen LogP contribution >= 0.6 is 0 Å². The van der Waals surface area contributed by atoms with Crippen molar-refractivity contribution in [1.82, 2.24) is 5.32 Å². The molecule has 1 rings (SSSR count). The van der Waals surface area contributed by atoms with Crippen molar-refractivity contribution < 1.29 is 4.74 Å². The molecule has 0 amide bonds. The van der Waals surface area contributed by atoms with Crippen LogP contribution in [0.5, 0.6) is 0 Å². The van der Waals surface area contributed by atoms with Crippen LogP contribution < -0.4 is 5.32 Å². The van der Waals surface area contributed by atoms with E-state index in [1.165, 1.54) is 25.7 Å². The van der Waals surface area contributed by atoms with E-state index in [-0.39, 0.29) is 0 Å². The standard InChI is InChI=1S/C11H19NO/c1-2-3-8-12-9-10-13-11-6-4-5-7-11/h1,11-12H,3-10H2. The molecule has 0 aromatic rings. The molecule has 0 spiro atoms. The van der Waals surface area contributed by atoms with Gasteiger partial charge in [-0.3, -0.25) is 0 Å². The van der Waals surface area contributed by atoms with E-state index in [1.807, 2.05) is 0 Å². The van der Waals surface area contributed by atoms with Crippen molar-refractivity contribution in [3.05, 3.63) is 0 Å². The highest BCUT2D eigenvalue weighted by Crippen LogP contribution is 2.20. The molecule has 0 radical (unpaired) electrons. The van der Waals surface area contributed by atoms with E-state index in [2.05, 4.69) is 11.2 Å². The average Bonchev–Trinajstić information content (AvgIpc) is 2.63. The van der Waals surface area contributed by atoms with Crippen molar-refractivity contribution in [2.45, 2.75) is 38.2 Å². The van der Waals surface area contributed by atoms with Crippen molar-refractivity contribution >= 4 is 0 Å². The first-order valence-electron chi connectivity index (χ1n) is 5.19. The van der Waals surface area contributed by atoms with Crippen LogP contribution in [0.15, 0.2) is 0 Å². The highest BCUT2D eigenvalue weighted by atomic mass is 16.5. The summed E-state index contributed by atoms with van der Waals surface area (Å²) in [5.74, 6) is 2.60. The van der Waals surface area contributed by atoms with E-state index in [9.17, 15) is 0 Å². The molecule has 1 aliphatic carbocycles. The molecule has 0 aliphatic heterocycles. The van der Waals surface area contributed by atoms with Crippen LogP contribution in [0.25, 0.3) is 0 Å². The number of hydrogen-bond acceptors (Lipinski definition) is 2. The number of ether oxygens (including phenoxy) is 1. The first-order valence-corrected chi connectivity index (χ1v) is 5.19. The lowest BCUT2D eigenvalue weighted by molar-refractivity contribution is 0.0605. The quantitative estimate of drug-likeness (QED) is 0.496. The maximum absolute atomic E-state index is 5.67. The lowest BCUT2D eigenvalue weighted by Gasteiger charge is -2.10. The second-order valence-corrected chi connectivity index (χ2v) is 3.48. The van der Waals surface area contributed by atoms with Gasteiger partial charge in [0.05, 0.1) is 12.7 Å². The van der Waals surface area contributed by atoms with Crippen LogP contribution in [-0.4, -0.2) is 25.8 Å². The van der Waals surface area contributed by atoms with E-state index in [0.717, 1.165) is 26.1 Å². The summed E-state index contributed by atoms with van der Waals surface area (Å²) in [4.78, 5) is 0. The Morgan fingerprint density at radius 1 is 1.31 bits per heavy atom. The Hall–Kier alpha value is -0.520. The van der Waals surface area contributed by atoms with E-state index in [1.54, 1.807) is 0 Å². The summed E-state index contributed by atoms with van der Waals surface area (Å²) < 4.78 is 5.67. The van der Waals surface area contributed by atoms with E-state index < -0.39 is 0 Å². The molecular weight excluding hydrogens is 162 g/mol. The number of terminal acetylenes is 1. The lowest BCUT2D eigenvalue weighted by Crippen LogP contribution is -2.22. The largest absolute Gasteiger partial charge is 0.377 e. The molecule has 0 atom stereocenters. The zero-order chi connectivity index (χ0) is 9.36. The maximum Gasteiger partial charge on any atom is 0.0594 e. The third kappa shape index (κ3) is 4.92. The van der Waals surface area contributed by atoms with Crippen molar-refractivity contribution in [3.63, 3.8) is 0 Å². The van der Waals surface area contributed by atoms with Crippen molar-refractivity contribution in [2.24, 2.45) is 0 Å². The van der Waals surface area contributed by atoms with Crippen molar-refractivity contribution in [3.8, 4) is 12.3 Å². The van der Waals surface area contributed by atoms with Crippen LogP contribution in [0.1, 0.15) is 32.1 Å². The monoisotopic (exact) mass is 181 g/mol. The minimum absolute atomic E-state index is 0.537.